The van der Waals surface area contributed by atoms with Crippen LogP contribution < -0.4 is 5.32 Å². The van der Waals surface area contributed by atoms with E-state index in [1.54, 1.807) is 6.92 Å². The van der Waals surface area contributed by atoms with Gasteiger partial charge in [-0.25, -0.2) is 8.42 Å². The summed E-state index contributed by atoms with van der Waals surface area (Å²) in [5.41, 5.74) is 0. The summed E-state index contributed by atoms with van der Waals surface area (Å²) in [6.45, 7) is 11.2. The van der Waals surface area contributed by atoms with Gasteiger partial charge in [0.2, 0.25) is 0 Å². The van der Waals surface area contributed by atoms with E-state index in [1.807, 2.05) is 0 Å². The predicted molar refractivity (Wildman–Crippen MR) is 83.7 cm³/mol. The fourth-order valence-corrected chi connectivity index (χ4v) is 4.24. The molecular weight excluding hydrogens is 274 g/mol. The summed E-state index contributed by atoms with van der Waals surface area (Å²) in [5.74, 6) is 1.53. The topological polar surface area (TPSA) is 55.4 Å². The van der Waals surface area contributed by atoms with Gasteiger partial charge >= 0.3 is 0 Å². The average molecular weight is 305 g/mol. The number of ether oxygens (including phenoxy) is 1. The Hall–Kier alpha value is -0.130. The normalized spacial score (nSPS) is 32.5. The van der Waals surface area contributed by atoms with Gasteiger partial charge in [0.1, 0.15) is 9.84 Å². The van der Waals surface area contributed by atoms with Crippen LogP contribution in [0, 0.1) is 11.8 Å². The molecule has 0 aromatic heterocycles. The van der Waals surface area contributed by atoms with Crippen LogP contribution in [0.5, 0.6) is 0 Å². The summed E-state index contributed by atoms with van der Waals surface area (Å²) >= 11 is 0. The highest BCUT2D eigenvalue weighted by molar-refractivity contribution is 7.91. The van der Waals surface area contributed by atoms with Gasteiger partial charge in [-0.1, -0.05) is 20.8 Å². The van der Waals surface area contributed by atoms with Crippen molar-refractivity contribution >= 4 is 9.84 Å². The summed E-state index contributed by atoms with van der Waals surface area (Å²) < 4.78 is 29.1. The molecule has 0 aromatic rings. The molecule has 1 heterocycles. The molecule has 1 saturated heterocycles. The highest BCUT2D eigenvalue weighted by Crippen LogP contribution is 2.35. The molecule has 1 N–H and O–H groups in total. The summed E-state index contributed by atoms with van der Waals surface area (Å²) in [4.78, 5) is 0. The number of hydrogen-bond acceptors (Lipinski definition) is 4. The molecule has 4 nitrogen and oxygen atoms in total. The molecule has 5 heteroatoms. The van der Waals surface area contributed by atoms with E-state index < -0.39 is 9.84 Å². The zero-order valence-corrected chi connectivity index (χ0v) is 14.4. The van der Waals surface area contributed by atoms with E-state index in [9.17, 15) is 8.42 Å². The molecule has 0 aliphatic carbocycles. The van der Waals surface area contributed by atoms with Crippen LogP contribution >= 0.6 is 0 Å². The minimum absolute atomic E-state index is 0.242. The van der Waals surface area contributed by atoms with E-state index in [0.717, 1.165) is 19.4 Å². The Morgan fingerprint density at radius 2 is 1.80 bits per heavy atom. The molecule has 0 saturated carbocycles. The van der Waals surface area contributed by atoms with Crippen LogP contribution in [0.15, 0.2) is 0 Å². The molecule has 5 atom stereocenters. The van der Waals surface area contributed by atoms with E-state index >= 15 is 0 Å². The van der Waals surface area contributed by atoms with Crippen LogP contribution in [0.2, 0.25) is 0 Å². The lowest BCUT2D eigenvalue weighted by Gasteiger charge is -2.29. The van der Waals surface area contributed by atoms with Gasteiger partial charge in [0, 0.05) is 17.7 Å². The Morgan fingerprint density at radius 1 is 1.15 bits per heavy atom. The molecule has 5 unspecified atom stereocenters. The Labute approximate surface area is 124 Å². The van der Waals surface area contributed by atoms with Crippen molar-refractivity contribution in [2.24, 2.45) is 11.8 Å². The first kappa shape index (κ1) is 17.9. The maximum absolute atomic E-state index is 11.6. The summed E-state index contributed by atoms with van der Waals surface area (Å²) in [7, 11) is -2.85. The third-order valence-electron chi connectivity index (χ3n) is 4.66. The van der Waals surface area contributed by atoms with Crippen molar-refractivity contribution in [3.05, 3.63) is 0 Å². The first-order chi connectivity index (χ1) is 9.32. The van der Waals surface area contributed by atoms with Crippen LogP contribution in [-0.2, 0) is 14.6 Å². The number of rotatable bonds is 8. The Bertz CT molecular complexity index is 383. The fraction of sp³-hybridized carbons (Fsp3) is 1.00. The summed E-state index contributed by atoms with van der Waals surface area (Å²) in [6.07, 6.45) is 2.17. The maximum Gasteiger partial charge on any atom is 0.150 e. The predicted octanol–water partition coefficient (Wildman–Crippen LogP) is 2.24. The quantitative estimate of drug-likeness (QED) is 0.747. The van der Waals surface area contributed by atoms with E-state index in [-0.39, 0.29) is 18.0 Å². The summed E-state index contributed by atoms with van der Waals surface area (Å²) in [5, 5.41) is 3.54. The van der Waals surface area contributed by atoms with Gasteiger partial charge < -0.3 is 10.1 Å². The van der Waals surface area contributed by atoms with E-state index in [0.29, 0.717) is 23.6 Å². The van der Waals surface area contributed by atoms with Gasteiger partial charge in [0.15, 0.2) is 0 Å². The third kappa shape index (κ3) is 4.71. The first-order valence-electron chi connectivity index (χ1n) is 7.91. The Morgan fingerprint density at radius 3 is 2.25 bits per heavy atom. The van der Waals surface area contributed by atoms with Crippen LogP contribution in [0.25, 0.3) is 0 Å². The van der Waals surface area contributed by atoms with Crippen molar-refractivity contribution in [3.8, 4) is 0 Å². The van der Waals surface area contributed by atoms with Crippen molar-refractivity contribution in [1.82, 2.24) is 5.32 Å². The molecule has 120 valence electrons. The molecule has 1 fully saturated rings. The van der Waals surface area contributed by atoms with E-state index in [4.69, 9.17) is 4.74 Å². The lowest BCUT2D eigenvalue weighted by atomic mass is 9.81. The number of hydrogen-bond donors (Lipinski definition) is 1. The molecule has 1 aliphatic rings. The second kappa shape index (κ2) is 7.76. The van der Waals surface area contributed by atoms with Crippen molar-refractivity contribution in [1.29, 1.82) is 0 Å². The Balaban J connectivity index is 2.60. The lowest BCUT2D eigenvalue weighted by Crippen LogP contribution is -2.42. The summed E-state index contributed by atoms with van der Waals surface area (Å²) in [6, 6.07) is 0.349. The SMILES string of the molecule is CCNC(CCCS(=O)(=O)CC)C1C(C)OC(C)C1C. The molecule has 0 radical (unpaired) electrons. The third-order valence-corrected chi connectivity index (χ3v) is 6.45. The molecule has 20 heavy (non-hydrogen) atoms. The molecular formula is C15H31NO3S. The zero-order chi connectivity index (χ0) is 15.3. The van der Waals surface area contributed by atoms with E-state index in [1.165, 1.54) is 0 Å². The van der Waals surface area contributed by atoms with E-state index in [2.05, 4.69) is 33.0 Å². The highest BCUT2D eigenvalue weighted by atomic mass is 32.2. The highest BCUT2D eigenvalue weighted by Gasteiger charge is 2.41. The van der Waals surface area contributed by atoms with Gasteiger partial charge in [0.25, 0.3) is 0 Å². The standard InChI is InChI=1S/C15H31NO3S/c1-6-16-14(9-8-10-20(17,18)7-2)15-11(3)12(4)19-13(15)5/h11-16H,6-10H2,1-5H3. The molecule has 1 aliphatic heterocycles. The number of sulfone groups is 1. The maximum atomic E-state index is 11.6. The molecule has 0 bridgehead atoms. The molecule has 0 spiro atoms. The fourth-order valence-electron chi connectivity index (χ4n) is 3.35. The molecule has 0 amide bonds. The van der Waals surface area contributed by atoms with Crippen LogP contribution in [0.4, 0.5) is 0 Å². The number of nitrogens with one attached hydrogen (secondary N) is 1. The minimum Gasteiger partial charge on any atom is -0.375 e. The van der Waals surface area contributed by atoms with Crippen molar-refractivity contribution in [3.63, 3.8) is 0 Å². The molecule has 1 rings (SSSR count). The van der Waals surface area contributed by atoms with Gasteiger partial charge in [-0.3, -0.25) is 0 Å². The monoisotopic (exact) mass is 305 g/mol. The van der Waals surface area contributed by atoms with Gasteiger partial charge in [-0.15, -0.1) is 0 Å². The van der Waals surface area contributed by atoms with Crippen LogP contribution in [0.1, 0.15) is 47.5 Å². The van der Waals surface area contributed by atoms with Crippen LogP contribution in [-0.4, -0.2) is 44.7 Å². The van der Waals surface area contributed by atoms with Crippen molar-refractivity contribution in [2.45, 2.75) is 65.7 Å². The minimum atomic E-state index is -2.85. The van der Waals surface area contributed by atoms with Gasteiger partial charge in [0.05, 0.1) is 18.0 Å². The second-order valence-corrected chi connectivity index (χ2v) is 8.50. The van der Waals surface area contributed by atoms with Crippen molar-refractivity contribution in [2.75, 3.05) is 18.1 Å². The molecule has 0 aromatic carbocycles. The zero-order valence-electron chi connectivity index (χ0n) is 13.6. The largest absolute Gasteiger partial charge is 0.375 e. The van der Waals surface area contributed by atoms with Crippen molar-refractivity contribution < 1.29 is 13.2 Å². The van der Waals surface area contributed by atoms with Crippen LogP contribution in [0.3, 0.4) is 0 Å². The Kier molecular flexibility index (Phi) is 6.95. The second-order valence-electron chi connectivity index (χ2n) is 6.03. The van der Waals surface area contributed by atoms with Gasteiger partial charge in [-0.2, -0.15) is 0 Å². The smallest absolute Gasteiger partial charge is 0.150 e. The average Bonchev–Trinajstić information content (AvgIpc) is 2.62. The van der Waals surface area contributed by atoms with Gasteiger partial charge in [-0.05, 0) is 39.2 Å². The first-order valence-corrected chi connectivity index (χ1v) is 9.73. The lowest BCUT2D eigenvalue weighted by molar-refractivity contribution is 0.0472.